The van der Waals surface area contributed by atoms with E-state index in [1.165, 1.54) is 0 Å². The summed E-state index contributed by atoms with van der Waals surface area (Å²) in [6.45, 7) is 3.70. The molecule has 2 N–H and O–H groups in total. The first kappa shape index (κ1) is 12.9. The maximum Gasteiger partial charge on any atom is 0.343 e. The summed E-state index contributed by atoms with van der Waals surface area (Å²) >= 11 is 1.56. The molecule has 0 spiro atoms. The normalized spacial score (nSPS) is 14.2. The molecule has 0 fully saturated rings. The molecule has 2 aromatic heterocycles. The minimum Gasteiger partial charge on any atom is -0.333 e. The molecule has 0 radical (unpaired) electrons. The fourth-order valence-corrected chi connectivity index (χ4v) is 2.84. The Morgan fingerprint density at radius 1 is 1.55 bits per heavy atom. The number of aromatic nitrogens is 4. The van der Waals surface area contributed by atoms with Crippen molar-refractivity contribution in [2.24, 2.45) is 0 Å². The van der Waals surface area contributed by atoms with E-state index in [4.69, 9.17) is 0 Å². The van der Waals surface area contributed by atoms with Gasteiger partial charge in [0.1, 0.15) is 0 Å². The van der Waals surface area contributed by atoms with Gasteiger partial charge in [-0.05, 0) is 6.92 Å². The van der Waals surface area contributed by atoms with Gasteiger partial charge in [0.2, 0.25) is 0 Å². The zero-order chi connectivity index (χ0) is 14.1. The highest BCUT2D eigenvalue weighted by Crippen LogP contribution is 2.12. The molecule has 20 heavy (non-hydrogen) atoms. The summed E-state index contributed by atoms with van der Waals surface area (Å²) in [6, 6.07) is -0.155. The molecule has 8 nitrogen and oxygen atoms in total. The second-order valence-corrected chi connectivity index (χ2v) is 5.84. The molecular formula is C11H14N6O2S. The number of fused-ring (bicyclic) bond motifs is 1. The molecule has 0 unspecified atom stereocenters. The Bertz CT molecular complexity index is 687. The Morgan fingerprint density at radius 3 is 3.15 bits per heavy atom. The third-order valence-corrected chi connectivity index (χ3v) is 4.05. The van der Waals surface area contributed by atoms with Gasteiger partial charge in [0.05, 0.1) is 18.1 Å². The van der Waals surface area contributed by atoms with Gasteiger partial charge in [-0.25, -0.2) is 19.7 Å². The number of aromatic amines is 1. The van der Waals surface area contributed by atoms with Crippen LogP contribution in [0.4, 0.5) is 4.79 Å². The van der Waals surface area contributed by atoms with Gasteiger partial charge in [-0.15, -0.1) is 11.3 Å². The number of hydrogen-bond acceptors (Lipinski definition) is 5. The zero-order valence-electron chi connectivity index (χ0n) is 10.9. The maximum atomic E-state index is 12.1. The van der Waals surface area contributed by atoms with Gasteiger partial charge in [-0.2, -0.15) is 5.10 Å². The van der Waals surface area contributed by atoms with Crippen molar-refractivity contribution in [3.8, 4) is 0 Å². The number of aryl methyl sites for hydroxylation is 1. The molecule has 106 valence electrons. The van der Waals surface area contributed by atoms with Gasteiger partial charge in [0.15, 0.2) is 5.82 Å². The summed E-state index contributed by atoms with van der Waals surface area (Å²) in [7, 11) is 0. The van der Waals surface area contributed by atoms with Crippen LogP contribution in [0.5, 0.6) is 0 Å². The second-order valence-electron chi connectivity index (χ2n) is 4.52. The van der Waals surface area contributed by atoms with Crippen LogP contribution in [0.2, 0.25) is 0 Å². The van der Waals surface area contributed by atoms with E-state index in [2.05, 4.69) is 20.5 Å². The SMILES string of the molecule is Cc1ncc(CNC(=O)N2CCn3c(n[nH]c3=O)C2)s1. The Hall–Kier alpha value is -2.16. The van der Waals surface area contributed by atoms with Crippen molar-refractivity contribution in [2.75, 3.05) is 6.54 Å². The number of carbonyl (C=O) groups is 1. The van der Waals surface area contributed by atoms with E-state index in [1.807, 2.05) is 6.92 Å². The first-order valence-corrected chi connectivity index (χ1v) is 7.03. The van der Waals surface area contributed by atoms with Crippen molar-refractivity contribution in [1.82, 2.24) is 30.0 Å². The number of carbonyl (C=O) groups excluding carboxylic acids is 1. The van der Waals surface area contributed by atoms with Gasteiger partial charge in [-0.3, -0.25) is 4.57 Å². The summed E-state index contributed by atoms with van der Waals surface area (Å²) in [5.74, 6) is 0.588. The number of nitrogens with zero attached hydrogens (tertiary/aromatic N) is 4. The van der Waals surface area contributed by atoms with Crippen LogP contribution in [0.3, 0.4) is 0 Å². The summed E-state index contributed by atoms with van der Waals surface area (Å²) in [6.07, 6.45) is 1.77. The third kappa shape index (κ3) is 2.44. The minimum atomic E-state index is -0.222. The Morgan fingerprint density at radius 2 is 2.40 bits per heavy atom. The minimum absolute atomic E-state index is 0.155. The van der Waals surface area contributed by atoms with Gasteiger partial charge in [0, 0.05) is 24.2 Å². The Balaban J connectivity index is 1.60. The number of thiazole rings is 1. The standard InChI is InChI=1S/C11H14N6O2S/c1-7-12-4-8(20-7)5-13-10(18)16-2-3-17-9(6-16)14-15-11(17)19/h4H,2-3,5-6H2,1H3,(H,13,18)(H,15,19). The molecule has 2 amide bonds. The van der Waals surface area contributed by atoms with Crippen molar-refractivity contribution >= 4 is 17.4 Å². The molecule has 3 heterocycles. The first-order valence-electron chi connectivity index (χ1n) is 6.21. The van der Waals surface area contributed by atoms with Crippen LogP contribution in [-0.4, -0.2) is 37.2 Å². The van der Waals surface area contributed by atoms with E-state index in [0.29, 0.717) is 32.0 Å². The Labute approximate surface area is 118 Å². The molecule has 0 bridgehead atoms. The average molecular weight is 294 g/mol. The number of hydrogen-bond donors (Lipinski definition) is 2. The van der Waals surface area contributed by atoms with Crippen molar-refractivity contribution in [3.05, 3.63) is 32.4 Å². The molecule has 3 rings (SSSR count). The quantitative estimate of drug-likeness (QED) is 0.818. The summed E-state index contributed by atoms with van der Waals surface area (Å²) in [5, 5.41) is 10.1. The number of amides is 2. The largest absolute Gasteiger partial charge is 0.343 e. The highest BCUT2D eigenvalue weighted by molar-refractivity contribution is 7.11. The smallest absolute Gasteiger partial charge is 0.333 e. The number of nitrogens with one attached hydrogen (secondary N) is 2. The van der Waals surface area contributed by atoms with Gasteiger partial charge < -0.3 is 10.2 Å². The topological polar surface area (TPSA) is 95.9 Å². The van der Waals surface area contributed by atoms with Gasteiger partial charge in [0.25, 0.3) is 0 Å². The van der Waals surface area contributed by atoms with Gasteiger partial charge >= 0.3 is 11.7 Å². The summed E-state index contributed by atoms with van der Waals surface area (Å²) in [4.78, 5) is 30.2. The van der Waals surface area contributed by atoms with E-state index in [-0.39, 0.29) is 11.7 Å². The van der Waals surface area contributed by atoms with E-state index in [0.717, 1.165) is 9.88 Å². The van der Waals surface area contributed by atoms with Crippen molar-refractivity contribution in [1.29, 1.82) is 0 Å². The second kappa shape index (κ2) is 5.08. The lowest BCUT2D eigenvalue weighted by atomic mass is 10.4. The predicted molar refractivity (Wildman–Crippen MR) is 72.3 cm³/mol. The molecule has 0 atom stereocenters. The molecule has 9 heteroatoms. The third-order valence-electron chi connectivity index (χ3n) is 3.13. The van der Waals surface area contributed by atoms with Crippen LogP contribution in [0, 0.1) is 6.92 Å². The molecule has 0 aliphatic carbocycles. The van der Waals surface area contributed by atoms with Crippen LogP contribution in [-0.2, 0) is 19.6 Å². The zero-order valence-corrected chi connectivity index (χ0v) is 11.7. The lowest BCUT2D eigenvalue weighted by Gasteiger charge is -2.26. The van der Waals surface area contributed by atoms with Crippen LogP contribution in [0.15, 0.2) is 11.0 Å². The lowest BCUT2D eigenvalue weighted by Crippen LogP contribution is -2.45. The summed E-state index contributed by atoms with van der Waals surface area (Å²) in [5.41, 5.74) is -0.222. The molecular weight excluding hydrogens is 280 g/mol. The van der Waals surface area contributed by atoms with Crippen LogP contribution in [0.25, 0.3) is 0 Å². The van der Waals surface area contributed by atoms with Crippen LogP contribution in [0.1, 0.15) is 15.7 Å². The Kier molecular flexibility index (Phi) is 3.26. The number of urea groups is 1. The summed E-state index contributed by atoms with van der Waals surface area (Å²) < 4.78 is 1.55. The average Bonchev–Trinajstić information content (AvgIpc) is 3.02. The first-order chi connectivity index (χ1) is 9.63. The van der Waals surface area contributed by atoms with Crippen LogP contribution < -0.4 is 11.0 Å². The highest BCUT2D eigenvalue weighted by atomic mass is 32.1. The molecule has 0 aromatic carbocycles. The lowest BCUT2D eigenvalue weighted by molar-refractivity contribution is 0.181. The number of H-pyrrole nitrogens is 1. The highest BCUT2D eigenvalue weighted by Gasteiger charge is 2.23. The van der Waals surface area contributed by atoms with E-state index in [1.54, 1.807) is 27.0 Å². The van der Waals surface area contributed by atoms with Crippen molar-refractivity contribution < 1.29 is 4.79 Å². The molecule has 2 aromatic rings. The van der Waals surface area contributed by atoms with Crippen LogP contribution >= 0.6 is 11.3 Å². The monoisotopic (exact) mass is 294 g/mol. The van der Waals surface area contributed by atoms with Crippen molar-refractivity contribution in [3.63, 3.8) is 0 Å². The molecule has 1 aliphatic heterocycles. The van der Waals surface area contributed by atoms with Crippen molar-refractivity contribution in [2.45, 2.75) is 26.6 Å². The predicted octanol–water partition coefficient (Wildman–Crippen LogP) is 0.0617. The van der Waals surface area contributed by atoms with E-state index in [9.17, 15) is 9.59 Å². The molecule has 0 saturated carbocycles. The van der Waals surface area contributed by atoms with Gasteiger partial charge in [-0.1, -0.05) is 0 Å². The molecule has 0 saturated heterocycles. The number of rotatable bonds is 2. The van der Waals surface area contributed by atoms with E-state index >= 15 is 0 Å². The maximum absolute atomic E-state index is 12.1. The molecule has 1 aliphatic rings. The fraction of sp³-hybridized carbons (Fsp3) is 0.455. The van der Waals surface area contributed by atoms with E-state index < -0.39 is 0 Å². The fourth-order valence-electron chi connectivity index (χ4n) is 2.11.